The van der Waals surface area contributed by atoms with Gasteiger partial charge in [0, 0.05) is 17.7 Å². The van der Waals surface area contributed by atoms with Crippen LogP contribution in [-0.2, 0) is 0 Å². The fraction of sp³-hybridized carbons (Fsp3) is 0.200. The van der Waals surface area contributed by atoms with E-state index < -0.39 is 6.09 Å². The Balaban J connectivity index is 1.83. The van der Waals surface area contributed by atoms with Crippen molar-refractivity contribution in [2.75, 3.05) is 6.54 Å². The third kappa shape index (κ3) is 4.16. The fourth-order valence-electron chi connectivity index (χ4n) is 3.77. The molecule has 0 aliphatic heterocycles. The molecule has 0 unspecified atom stereocenters. The van der Waals surface area contributed by atoms with Crippen molar-refractivity contribution in [2.45, 2.75) is 31.7 Å². The van der Waals surface area contributed by atoms with Gasteiger partial charge in [-0.2, -0.15) is 5.10 Å². The van der Waals surface area contributed by atoms with E-state index in [9.17, 15) is 4.79 Å². The molecule has 0 saturated heterocycles. The molecule has 3 aromatic carbocycles. The number of aromatic amines is 1. The standard InChI is InChI=1S/C25H25N3O2S/c1-4-26-25(29)30-21-13-12-17(14-20(21)15(2)3)23-22(24(31)28-27-23)19-11-7-9-16-8-5-6-10-18(16)19/h5-15H,4H2,1-3H3,(H,26,29)(H2,27,28,31). The number of fused-ring (bicyclic) bond motifs is 1. The number of ether oxygens (including phenoxy) is 1. The van der Waals surface area contributed by atoms with Crippen molar-refractivity contribution in [1.29, 1.82) is 0 Å². The van der Waals surface area contributed by atoms with Crippen LogP contribution in [-0.4, -0.2) is 22.8 Å². The Bertz CT molecular complexity index is 1240. The molecule has 4 rings (SSSR count). The topological polar surface area (TPSA) is 67.0 Å². The van der Waals surface area contributed by atoms with Gasteiger partial charge in [0.25, 0.3) is 0 Å². The lowest BCUT2D eigenvalue weighted by Gasteiger charge is -2.15. The molecule has 6 heteroatoms. The van der Waals surface area contributed by atoms with Gasteiger partial charge in [-0.15, -0.1) is 12.6 Å². The number of hydrogen-bond acceptors (Lipinski definition) is 4. The Morgan fingerprint density at radius 3 is 2.68 bits per heavy atom. The van der Waals surface area contributed by atoms with Crippen LogP contribution in [0.25, 0.3) is 33.2 Å². The van der Waals surface area contributed by atoms with Crippen LogP contribution in [0.1, 0.15) is 32.3 Å². The van der Waals surface area contributed by atoms with Gasteiger partial charge in [0.05, 0.1) is 5.69 Å². The molecule has 0 atom stereocenters. The first-order valence-corrected chi connectivity index (χ1v) is 10.8. The molecule has 1 heterocycles. The first-order chi connectivity index (χ1) is 15.0. The monoisotopic (exact) mass is 431 g/mol. The van der Waals surface area contributed by atoms with Gasteiger partial charge in [-0.25, -0.2) is 4.79 Å². The van der Waals surface area contributed by atoms with Gasteiger partial charge >= 0.3 is 6.09 Å². The highest BCUT2D eigenvalue weighted by atomic mass is 32.1. The molecule has 158 valence electrons. The predicted molar refractivity (Wildman–Crippen MR) is 128 cm³/mol. The summed E-state index contributed by atoms with van der Waals surface area (Å²) >= 11 is 4.64. The van der Waals surface area contributed by atoms with Crippen LogP contribution in [0.5, 0.6) is 5.75 Å². The van der Waals surface area contributed by atoms with Crippen molar-refractivity contribution in [3.05, 3.63) is 66.2 Å². The molecule has 0 fully saturated rings. The smallest absolute Gasteiger partial charge is 0.410 e. The van der Waals surface area contributed by atoms with Crippen molar-refractivity contribution >= 4 is 29.5 Å². The maximum Gasteiger partial charge on any atom is 0.412 e. The number of rotatable bonds is 5. The molecular weight excluding hydrogens is 406 g/mol. The molecular formula is C25H25N3O2S. The number of benzene rings is 3. The molecule has 31 heavy (non-hydrogen) atoms. The number of carbonyl (C=O) groups excluding carboxylic acids is 1. The molecule has 0 spiro atoms. The number of thiol groups is 1. The summed E-state index contributed by atoms with van der Waals surface area (Å²) in [5, 5.41) is 13.2. The summed E-state index contributed by atoms with van der Waals surface area (Å²) in [4.78, 5) is 11.9. The Hall–Kier alpha value is -3.25. The minimum absolute atomic E-state index is 0.170. The summed E-state index contributed by atoms with van der Waals surface area (Å²) in [7, 11) is 0. The highest BCUT2D eigenvalue weighted by molar-refractivity contribution is 7.80. The number of aromatic nitrogens is 2. The summed E-state index contributed by atoms with van der Waals surface area (Å²) < 4.78 is 5.52. The largest absolute Gasteiger partial charge is 0.412 e. The zero-order chi connectivity index (χ0) is 22.0. The van der Waals surface area contributed by atoms with Crippen LogP contribution < -0.4 is 10.1 Å². The van der Waals surface area contributed by atoms with E-state index in [0.29, 0.717) is 17.3 Å². The van der Waals surface area contributed by atoms with E-state index in [1.54, 1.807) is 0 Å². The molecule has 5 nitrogen and oxygen atoms in total. The van der Waals surface area contributed by atoms with Crippen LogP contribution in [0, 0.1) is 0 Å². The van der Waals surface area contributed by atoms with Gasteiger partial charge in [-0.05, 0) is 52.9 Å². The predicted octanol–water partition coefficient (Wildman–Crippen LogP) is 6.42. The van der Waals surface area contributed by atoms with E-state index in [1.807, 2.05) is 37.3 Å². The molecule has 0 saturated carbocycles. The van der Waals surface area contributed by atoms with E-state index in [2.05, 4.69) is 72.3 Å². The maximum atomic E-state index is 11.9. The van der Waals surface area contributed by atoms with Crippen LogP contribution in [0.15, 0.2) is 65.7 Å². The zero-order valence-corrected chi connectivity index (χ0v) is 18.7. The van der Waals surface area contributed by atoms with Crippen LogP contribution in [0.4, 0.5) is 4.79 Å². The minimum Gasteiger partial charge on any atom is -0.410 e. The second-order valence-corrected chi connectivity index (χ2v) is 8.07. The quantitative estimate of drug-likeness (QED) is 0.320. The number of amides is 1. The third-order valence-electron chi connectivity index (χ3n) is 5.25. The lowest BCUT2D eigenvalue weighted by Crippen LogP contribution is -2.26. The molecule has 2 N–H and O–H groups in total. The number of H-pyrrole nitrogens is 1. The highest BCUT2D eigenvalue weighted by Crippen LogP contribution is 2.40. The van der Waals surface area contributed by atoms with Crippen molar-refractivity contribution < 1.29 is 9.53 Å². The number of hydrogen-bond donors (Lipinski definition) is 3. The van der Waals surface area contributed by atoms with E-state index in [0.717, 1.165) is 38.7 Å². The number of carbonyl (C=O) groups is 1. The molecule has 0 aliphatic rings. The van der Waals surface area contributed by atoms with Crippen LogP contribution in [0.2, 0.25) is 0 Å². The van der Waals surface area contributed by atoms with E-state index in [-0.39, 0.29) is 5.92 Å². The van der Waals surface area contributed by atoms with Crippen molar-refractivity contribution in [2.24, 2.45) is 0 Å². The van der Waals surface area contributed by atoms with Gasteiger partial charge in [0.15, 0.2) is 0 Å². The Labute approximate surface area is 187 Å². The molecule has 1 amide bonds. The lowest BCUT2D eigenvalue weighted by molar-refractivity contribution is 0.200. The second kappa shape index (κ2) is 8.86. The Morgan fingerprint density at radius 2 is 1.90 bits per heavy atom. The highest BCUT2D eigenvalue weighted by Gasteiger charge is 2.19. The molecule has 0 bridgehead atoms. The number of nitrogens with zero attached hydrogens (tertiary/aromatic N) is 1. The minimum atomic E-state index is -0.451. The maximum absolute atomic E-state index is 11.9. The number of nitrogens with one attached hydrogen (secondary N) is 2. The van der Waals surface area contributed by atoms with Crippen LogP contribution in [0.3, 0.4) is 0 Å². The van der Waals surface area contributed by atoms with Gasteiger partial charge in [0.1, 0.15) is 10.8 Å². The summed E-state index contributed by atoms with van der Waals surface area (Å²) in [6.07, 6.45) is -0.451. The van der Waals surface area contributed by atoms with Crippen molar-refractivity contribution in [1.82, 2.24) is 15.5 Å². The third-order valence-corrected chi connectivity index (χ3v) is 5.57. The van der Waals surface area contributed by atoms with Gasteiger partial charge in [-0.1, -0.05) is 56.3 Å². The van der Waals surface area contributed by atoms with Gasteiger partial charge < -0.3 is 10.1 Å². The summed E-state index contributed by atoms with van der Waals surface area (Å²) in [6.45, 7) is 6.52. The van der Waals surface area contributed by atoms with Crippen molar-refractivity contribution in [3.63, 3.8) is 0 Å². The molecule has 0 radical (unpaired) electrons. The van der Waals surface area contributed by atoms with E-state index in [4.69, 9.17) is 4.74 Å². The summed E-state index contributed by atoms with van der Waals surface area (Å²) in [5.41, 5.74) is 4.81. The molecule has 4 aromatic rings. The Kier molecular flexibility index (Phi) is 6.00. The average molecular weight is 432 g/mol. The van der Waals surface area contributed by atoms with E-state index in [1.165, 1.54) is 0 Å². The second-order valence-electron chi connectivity index (χ2n) is 7.65. The van der Waals surface area contributed by atoms with E-state index >= 15 is 0 Å². The molecule has 0 aliphatic carbocycles. The normalized spacial score (nSPS) is 11.1. The Morgan fingerprint density at radius 1 is 1.13 bits per heavy atom. The lowest BCUT2D eigenvalue weighted by atomic mass is 9.94. The molecule has 1 aromatic heterocycles. The van der Waals surface area contributed by atoms with Crippen LogP contribution >= 0.6 is 12.6 Å². The van der Waals surface area contributed by atoms with Gasteiger partial charge in [0.2, 0.25) is 0 Å². The summed E-state index contributed by atoms with van der Waals surface area (Å²) in [5.74, 6) is 0.728. The van der Waals surface area contributed by atoms with Crippen molar-refractivity contribution in [3.8, 4) is 28.1 Å². The summed E-state index contributed by atoms with van der Waals surface area (Å²) in [6, 6.07) is 20.3. The SMILES string of the molecule is CCNC(=O)Oc1ccc(-c2[nH]nc(S)c2-c2cccc3ccccc23)cc1C(C)C. The first kappa shape index (κ1) is 21.0. The van der Waals surface area contributed by atoms with Gasteiger partial charge in [-0.3, -0.25) is 5.10 Å². The fourth-order valence-corrected chi connectivity index (χ4v) is 4.05. The average Bonchev–Trinajstić information content (AvgIpc) is 3.14. The first-order valence-electron chi connectivity index (χ1n) is 10.3. The zero-order valence-electron chi connectivity index (χ0n) is 17.8.